The number of rotatable bonds is 6. The van der Waals surface area contributed by atoms with E-state index in [1.165, 1.54) is 0 Å². The van der Waals surface area contributed by atoms with Crippen molar-refractivity contribution < 1.29 is 14.3 Å². The third-order valence-corrected chi connectivity index (χ3v) is 4.26. The molecule has 1 aliphatic heterocycles. The van der Waals surface area contributed by atoms with Gasteiger partial charge in [0.15, 0.2) is 0 Å². The first kappa shape index (κ1) is 16.0. The molecular weight excluding hydrogens is 266 g/mol. The monoisotopic (exact) mass is 291 g/mol. The minimum absolute atomic E-state index is 0.0391. The molecule has 0 spiro atoms. The van der Waals surface area contributed by atoms with Crippen LogP contribution in [0.4, 0.5) is 0 Å². The van der Waals surface area contributed by atoms with Crippen molar-refractivity contribution in [3.8, 4) is 0 Å². The van der Waals surface area contributed by atoms with Crippen molar-refractivity contribution in [3.63, 3.8) is 0 Å². The number of morpholine rings is 1. The molecule has 1 saturated heterocycles. The molecule has 0 aliphatic carbocycles. The summed E-state index contributed by atoms with van der Waals surface area (Å²) in [6.45, 7) is 5.21. The minimum Gasteiger partial charge on any atom is -0.366 e. The van der Waals surface area contributed by atoms with E-state index >= 15 is 0 Å². The summed E-state index contributed by atoms with van der Waals surface area (Å²) in [6.07, 6.45) is 1.24. The molecule has 1 heterocycles. The first-order valence-electron chi connectivity index (χ1n) is 7.62. The third-order valence-electron chi connectivity index (χ3n) is 4.26. The van der Waals surface area contributed by atoms with Gasteiger partial charge in [0.05, 0.1) is 12.6 Å². The van der Waals surface area contributed by atoms with Crippen molar-refractivity contribution >= 4 is 5.91 Å². The van der Waals surface area contributed by atoms with Gasteiger partial charge in [-0.25, -0.2) is 0 Å². The van der Waals surface area contributed by atoms with E-state index < -0.39 is 6.10 Å². The summed E-state index contributed by atoms with van der Waals surface area (Å²) in [5.41, 5.74) is 1.12. The Morgan fingerprint density at radius 1 is 1.38 bits per heavy atom. The minimum atomic E-state index is -0.400. The van der Waals surface area contributed by atoms with Crippen molar-refractivity contribution in [2.75, 3.05) is 20.4 Å². The van der Waals surface area contributed by atoms with Crippen LogP contribution < -0.4 is 0 Å². The van der Waals surface area contributed by atoms with E-state index in [9.17, 15) is 4.79 Å². The summed E-state index contributed by atoms with van der Waals surface area (Å²) in [6, 6.07) is 10.1. The molecule has 1 amide bonds. The van der Waals surface area contributed by atoms with Crippen LogP contribution in [-0.2, 0) is 20.7 Å². The normalized spacial score (nSPS) is 24.1. The van der Waals surface area contributed by atoms with Gasteiger partial charge in [-0.1, -0.05) is 50.6 Å². The number of benzene rings is 1. The molecule has 0 radical (unpaired) electrons. The molecule has 0 saturated carbocycles. The van der Waals surface area contributed by atoms with Gasteiger partial charge < -0.3 is 14.4 Å². The van der Waals surface area contributed by atoms with E-state index in [1.54, 1.807) is 7.11 Å². The molecule has 4 heteroatoms. The molecule has 0 aromatic heterocycles. The Morgan fingerprint density at radius 3 is 2.71 bits per heavy atom. The summed E-state index contributed by atoms with van der Waals surface area (Å²) < 4.78 is 11.1. The molecule has 116 valence electrons. The lowest BCUT2D eigenvalue weighted by Gasteiger charge is -2.41. The Kier molecular flexibility index (Phi) is 5.76. The summed E-state index contributed by atoms with van der Waals surface area (Å²) in [5, 5.41) is 0. The van der Waals surface area contributed by atoms with Crippen molar-refractivity contribution in [2.45, 2.75) is 38.8 Å². The van der Waals surface area contributed by atoms with Crippen LogP contribution >= 0.6 is 0 Å². The molecule has 0 bridgehead atoms. The maximum absolute atomic E-state index is 12.7. The van der Waals surface area contributed by atoms with Crippen molar-refractivity contribution in [3.05, 3.63) is 35.9 Å². The molecule has 1 unspecified atom stereocenters. The fourth-order valence-electron chi connectivity index (χ4n) is 2.74. The smallest absolute Gasteiger partial charge is 0.254 e. The second-order valence-electron chi connectivity index (χ2n) is 5.69. The Morgan fingerprint density at radius 2 is 2.10 bits per heavy atom. The molecule has 0 N–H and O–H groups in total. The highest BCUT2D eigenvalue weighted by Crippen LogP contribution is 2.23. The average Bonchev–Trinajstić information content (AvgIpc) is 2.52. The topological polar surface area (TPSA) is 38.8 Å². The predicted molar refractivity (Wildman–Crippen MR) is 81.9 cm³/mol. The lowest BCUT2D eigenvalue weighted by atomic mass is 9.95. The standard InChI is InChI=1S/C17H25NO3/c1-4-13(2)15-11-21-16(17(19)18(15)12-20-3)10-14-8-6-5-7-9-14/h5-9,13,15-16H,4,10-12H2,1-3H3/t13?,15-,16-/m1/s1. The first-order valence-corrected chi connectivity index (χ1v) is 7.62. The van der Waals surface area contributed by atoms with Crippen LogP contribution in [-0.4, -0.2) is 43.4 Å². The highest BCUT2D eigenvalue weighted by molar-refractivity contribution is 5.82. The molecule has 2 rings (SSSR count). The van der Waals surface area contributed by atoms with E-state index in [0.29, 0.717) is 25.7 Å². The first-order chi connectivity index (χ1) is 10.2. The van der Waals surface area contributed by atoms with Crippen molar-refractivity contribution in [2.24, 2.45) is 5.92 Å². The highest BCUT2D eigenvalue weighted by atomic mass is 16.5. The average molecular weight is 291 g/mol. The van der Waals surface area contributed by atoms with Crippen molar-refractivity contribution in [1.82, 2.24) is 4.90 Å². The quantitative estimate of drug-likeness (QED) is 0.808. The lowest BCUT2D eigenvalue weighted by Crippen LogP contribution is -2.57. The highest BCUT2D eigenvalue weighted by Gasteiger charge is 2.38. The largest absolute Gasteiger partial charge is 0.366 e. The van der Waals surface area contributed by atoms with Crippen LogP contribution in [0.2, 0.25) is 0 Å². The molecule has 1 fully saturated rings. The molecular formula is C17H25NO3. The van der Waals surface area contributed by atoms with Gasteiger partial charge >= 0.3 is 0 Å². The maximum atomic E-state index is 12.7. The maximum Gasteiger partial charge on any atom is 0.254 e. The molecule has 1 aromatic carbocycles. The summed E-state index contributed by atoms with van der Waals surface area (Å²) >= 11 is 0. The van der Waals surface area contributed by atoms with Gasteiger partial charge in [0.25, 0.3) is 5.91 Å². The second-order valence-corrected chi connectivity index (χ2v) is 5.69. The van der Waals surface area contributed by atoms with E-state index in [4.69, 9.17) is 9.47 Å². The van der Waals surface area contributed by atoms with Gasteiger partial charge in [0, 0.05) is 13.5 Å². The zero-order chi connectivity index (χ0) is 15.2. The fraction of sp³-hybridized carbons (Fsp3) is 0.588. The Balaban J connectivity index is 2.08. The Hall–Kier alpha value is -1.39. The fourth-order valence-corrected chi connectivity index (χ4v) is 2.74. The third kappa shape index (κ3) is 3.83. The molecule has 3 atom stereocenters. The van der Waals surface area contributed by atoms with E-state index in [1.807, 2.05) is 35.2 Å². The van der Waals surface area contributed by atoms with Crippen LogP contribution in [0.15, 0.2) is 30.3 Å². The number of hydrogen-bond acceptors (Lipinski definition) is 3. The second kappa shape index (κ2) is 7.57. The number of ether oxygens (including phenoxy) is 2. The zero-order valence-electron chi connectivity index (χ0n) is 13.1. The Labute approximate surface area is 127 Å². The van der Waals surface area contributed by atoms with Crippen LogP contribution in [0.5, 0.6) is 0 Å². The molecule has 1 aromatic rings. The number of methoxy groups -OCH3 is 1. The number of carbonyl (C=O) groups is 1. The van der Waals surface area contributed by atoms with Crippen LogP contribution in [0.1, 0.15) is 25.8 Å². The number of nitrogens with zero attached hydrogens (tertiary/aromatic N) is 1. The van der Waals surface area contributed by atoms with Gasteiger partial charge in [-0.2, -0.15) is 0 Å². The van der Waals surface area contributed by atoms with Gasteiger partial charge in [-0.3, -0.25) is 4.79 Å². The number of carbonyl (C=O) groups excluding carboxylic acids is 1. The number of hydrogen-bond donors (Lipinski definition) is 0. The van der Waals surface area contributed by atoms with E-state index in [2.05, 4.69) is 13.8 Å². The van der Waals surface area contributed by atoms with Crippen LogP contribution in [0, 0.1) is 5.92 Å². The summed E-state index contributed by atoms with van der Waals surface area (Å²) in [7, 11) is 1.63. The number of amides is 1. The predicted octanol–water partition coefficient (Wildman–Crippen LogP) is 2.48. The molecule has 4 nitrogen and oxygen atoms in total. The summed E-state index contributed by atoms with van der Waals surface area (Å²) in [5.74, 6) is 0.444. The SMILES string of the molecule is CCC(C)[C@H]1CO[C@H](Cc2ccccc2)C(=O)N1COC. The van der Waals surface area contributed by atoms with Crippen LogP contribution in [0.3, 0.4) is 0 Å². The Bertz CT molecular complexity index is 449. The van der Waals surface area contributed by atoms with Crippen molar-refractivity contribution in [1.29, 1.82) is 0 Å². The van der Waals surface area contributed by atoms with E-state index in [0.717, 1.165) is 12.0 Å². The molecule has 1 aliphatic rings. The lowest BCUT2D eigenvalue weighted by molar-refractivity contribution is -0.170. The van der Waals surface area contributed by atoms with Gasteiger partial charge in [0.1, 0.15) is 12.8 Å². The molecule has 21 heavy (non-hydrogen) atoms. The van der Waals surface area contributed by atoms with Gasteiger partial charge in [-0.15, -0.1) is 0 Å². The zero-order valence-corrected chi connectivity index (χ0v) is 13.1. The van der Waals surface area contributed by atoms with Crippen LogP contribution in [0.25, 0.3) is 0 Å². The van der Waals surface area contributed by atoms with Gasteiger partial charge in [0.2, 0.25) is 0 Å². The van der Waals surface area contributed by atoms with Gasteiger partial charge in [-0.05, 0) is 11.5 Å². The summed E-state index contributed by atoms with van der Waals surface area (Å²) in [4.78, 5) is 14.5. The van der Waals surface area contributed by atoms with E-state index in [-0.39, 0.29) is 11.9 Å².